The molecule has 0 bridgehead atoms. The first-order valence-electron chi connectivity index (χ1n) is 5.65. The first kappa shape index (κ1) is 10.9. The van der Waals surface area contributed by atoms with Crippen LogP contribution >= 0.6 is 0 Å². The molecule has 80 valence electrons. The molecule has 0 aliphatic carbocycles. The third kappa shape index (κ3) is 1.66. The van der Waals surface area contributed by atoms with Gasteiger partial charge in [0.2, 0.25) is 0 Å². The summed E-state index contributed by atoms with van der Waals surface area (Å²) in [6.07, 6.45) is 2.49. The van der Waals surface area contributed by atoms with Crippen LogP contribution in [0.1, 0.15) is 5.56 Å². The Bertz CT molecular complexity index is 422. The molecule has 0 radical (unpaired) electrons. The summed E-state index contributed by atoms with van der Waals surface area (Å²) in [5.41, 5.74) is 1.49. The van der Waals surface area contributed by atoms with Gasteiger partial charge in [-0.05, 0) is 10.8 Å². The van der Waals surface area contributed by atoms with Crippen molar-refractivity contribution < 1.29 is 0 Å². The molecule has 1 aliphatic rings. The van der Waals surface area contributed by atoms with Gasteiger partial charge >= 0.3 is 0 Å². The zero-order chi connectivity index (χ0) is 11.3. The molecule has 0 saturated heterocycles. The minimum absolute atomic E-state index is 1.13. The second-order valence-corrected chi connectivity index (χ2v) is 15.9. The second kappa shape index (κ2) is 3.19. The Morgan fingerprint density at radius 1 is 1.00 bits per heavy atom. The van der Waals surface area contributed by atoms with Crippen LogP contribution in [0, 0.1) is 0 Å². The molecule has 0 unspecified atom stereocenters. The summed E-state index contributed by atoms with van der Waals surface area (Å²) >= 11 is 0. The molecule has 0 fully saturated rings. The summed E-state index contributed by atoms with van der Waals surface area (Å²) in [6, 6.07) is 8.96. The Morgan fingerprint density at radius 3 is 2.13 bits per heavy atom. The van der Waals surface area contributed by atoms with Crippen LogP contribution in [0.5, 0.6) is 0 Å². The lowest BCUT2D eigenvalue weighted by molar-refractivity contribution is 1.68. The van der Waals surface area contributed by atoms with Gasteiger partial charge in [-0.15, -0.1) is 0 Å². The molecule has 15 heavy (non-hydrogen) atoms. The number of fused-ring (bicyclic) bond motifs is 1. The summed E-state index contributed by atoms with van der Waals surface area (Å²) in [4.78, 5) is 1.82. The van der Waals surface area contributed by atoms with Crippen molar-refractivity contribution in [3.05, 3.63) is 34.6 Å². The highest BCUT2D eigenvalue weighted by molar-refractivity contribution is 7.12. The average molecular weight is 232 g/mol. The van der Waals surface area contributed by atoms with E-state index in [2.05, 4.69) is 63.1 Å². The summed E-state index contributed by atoms with van der Waals surface area (Å²) in [6.45, 7) is 12.4. The SMILES string of the molecule is C[Si](C)(C)C1=Cc2ccccc2[Si]1(C)C. The molecule has 0 amide bonds. The standard InChI is InChI=1S/C13H20Si2/c1-14(2,3)13-10-11-8-6-7-9-12(11)15(13,4)5/h6-10H,1-5H3. The van der Waals surface area contributed by atoms with Crippen LogP contribution in [0.3, 0.4) is 0 Å². The molecule has 0 nitrogen and oxygen atoms in total. The zero-order valence-electron chi connectivity index (χ0n) is 10.4. The van der Waals surface area contributed by atoms with E-state index in [0.717, 1.165) is 0 Å². The Balaban J connectivity index is 2.59. The normalized spacial score (nSPS) is 18.6. The van der Waals surface area contributed by atoms with E-state index in [-0.39, 0.29) is 0 Å². The van der Waals surface area contributed by atoms with Crippen LogP contribution in [0.25, 0.3) is 6.08 Å². The van der Waals surface area contributed by atoms with E-state index in [0.29, 0.717) is 0 Å². The predicted molar refractivity (Wildman–Crippen MR) is 74.9 cm³/mol. The Morgan fingerprint density at radius 2 is 1.60 bits per heavy atom. The summed E-state index contributed by atoms with van der Waals surface area (Å²) in [5.74, 6) is 0. The monoisotopic (exact) mass is 232 g/mol. The molecule has 0 aromatic heterocycles. The lowest BCUT2D eigenvalue weighted by Crippen LogP contribution is -2.48. The first-order chi connectivity index (χ1) is 6.83. The predicted octanol–water partition coefficient (Wildman–Crippen LogP) is 3.42. The van der Waals surface area contributed by atoms with Crippen LogP contribution in [0.4, 0.5) is 0 Å². The number of benzene rings is 1. The molecule has 1 heterocycles. The van der Waals surface area contributed by atoms with Crippen molar-refractivity contribution in [2.45, 2.75) is 32.7 Å². The van der Waals surface area contributed by atoms with Crippen molar-refractivity contribution in [2.75, 3.05) is 0 Å². The minimum Gasteiger partial charge on any atom is -0.0858 e. The van der Waals surface area contributed by atoms with Crippen molar-refractivity contribution in [3.63, 3.8) is 0 Å². The van der Waals surface area contributed by atoms with Crippen LogP contribution in [0.2, 0.25) is 32.7 Å². The third-order valence-corrected chi connectivity index (χ3v) is 12.6. The highest BCUT2D eigenvalue weighted by Gasteiger charge is 2.40. The Kier molecular flexibility index (Phi) is 2.32. The van der Waals surface area contributed by atoms with Crippen molar-refractivity contribution in [1.82, 2.24) is 0 Å². The quantitative estimate of drug-likeness (QED) is 0.651. The first-order valence-corrected chi connectivity index (χ1v) is 12.2. The van der Waals surface area contributed by atoms with Crippen molar-refractivity contribution >= 4 is 27.4 Å². The lowest BCUT2D eigenvalue weighted by Gasteiger charge is -2.30. The number of rotatable bonds is 1. The fraction of sp³-hybridized carbons (Fsp3) is 0.385. The smallest absolute Gasteiger partial charge is 0.0858 e. The highest BCUT2D eigenvalue weighted by Crippen LogP contribution is 2.32. The van der Waals surface area contributed by atoms with Crippen molar-refractivity contribution in [2.24, 2.45) is 0 Å². The van der Waals surface area contributed by atoms with Crippen LogP contribution < -0.4 is 5.19 Å². The molecular weight excluding hydrogens is 212 g/mol. The van der Waals surface area contributed by atoms with Gasteiger partial charge < -0.3 is 0 Å². The van der Waals surface area contributed by atoms with E-state index in [1.54, 1.807) is 5.19 Å². The maximum atomic E-state index is 2.50. The summed E-state index contributed by atoms with van der Waals surface area (Å²) < 4.78 is 0. The largest absolute Gasteiger partial charge is 0.104 e. The molecule has 0 N–H and O–H groups in total. The second-order valence-electron chi connectivity index (χ2n) is 6.02. The van der Waals surface area contributed by atoms with E-state index in [1.807, 2.05) is 4.82 Å². The van der Waals surface area contributed by atoms with Gasteiger partial charge in [0.05, 0.1) is 8.07 Å². The van der Waals surface area contributed by atoms with Gasteiger partial charge in [-0.3, -0.25) is 0 Å². The average Bonchev–Trinajstić information content (AvgIpc) is 2.39. The molecule has 1 aromatic rings. The summed E-state index contributed by atoms with van der Waals surface area (Å²) in [5, 5.41) is 1.64. The molecule has 2 rings (SSSR count). The van der Waals surface area contributed by atoms with Gasteiger partial charge in [-0.25, -0.2) is 0 Å². The van der Waals surface area contributed by atoms with Gasteiger partial charge in [0.15, 0.2) is 0 Å². The van der Waals surface area contributed by atoms with Crippen LogP contribution in [0.15, 0.2) is 29.1 Å². The van der Waals surface area contributed by atoms with E-state index in [4.69, 9.17) is 0 Å². The van der Waals surface area contributed by atoms with E-state index in [9.17, 15) is 0 Å². The van der Waals surface area contributed by atoms with Crippen molar-refractivity contribution in [1.29, 1.82) is 0 Å². The molecule has 1 aromatic carbocycles. The minimum atomic E-state index is -1.30. The fourth-order valence-electron chi connectivity index (χ4n) is 2.83. The molecule has 0 atom stereocenters. The summed E-state index contributed by atoms with van der Waals surface area (Å²) in [7, 11) is -2.44. The maximum Gasteiger partial charge on any atom is 0.104 e. The molecule has 2 heteroatoms. The molecule has 0 spiro atoms. The van der Waals surface area contributed by atoms with E-state index in [1.165, 1.54) is 5.56 Å². The van der Waals surface area contributed by atoms with E-state index < -0.39 is 16.1 Å². The number of hydrogen-bond donors (Lipinski definition) is 0. The lowest BCUT2D eigenvalue weighted by atomic mass is 10.2. The van der Waals surface area contributed by atoms with Gasteiger partial charge in [-0.2, -0.15) is 0 Å². The Hall–Kier alpha value is -0.606. The fourth-order valence-corrected chi connectivity index (χ4v) is 13.5. The van der Waals surface area contributed by atoms with Gasteiger partial charge in [-0.1, -0.05) is 67.9 Å². The highest BCUT2D eigenvalue weighted by atomic mass is 28.4. The number of hydrogen-bond acceptors (Lipinski definition) is 0. The van der Waals surface area contributed by atoms with Crippen LogP contribution in [-0.2, 0) is 0 Å². The molecule has 0 saturated carbocycles. The van der Waals surface area contributed by atoms with Crippen LogP contribution in [-0.4, -0.2) is 16.1 Å². The topological polar surface area (TPSA) is 0 Å². The molecular formula is C13H20Si2. The van der Waals surface area contributed by atoms with E-state index >= 15 is 0 Å². The van der Waals surface area contributed by atoms with Crippen molar-refractivity contribution in [3.8, 4) is 0 Å². The Labute approximate surface area is 95.1 Å². The van der Waals surface area contributed by atoms with Gasteiger partial charge in [0, 0.05) is 0 Å². The third-order valence-electron chi connectivity index (χ3n) is 3.42. The van der Waals surface area contributed by atoms with Gasteiger partial charge in [0.25, 0.3) is 0 Å². The molecule has 1 aliphatic heterocycles. The van der Waals surface area contributed by atoms with Gasteiger partial charge in [0.1, 0.15) is 8.07 Å². The maximum absolute atomic E-state index is 2.50. The zero-order valence-corrected chi connectivity index (χ0v) is 12.4.